The van der Waals surface area contributed by atoms with Gasteiger partial charge >= 0.3 is 0 Å². The number of ether oxygens (including phenoxy) is 2. The Labute approximate surface area is 164 Å². The van der Waals surface area contributed by atoms with Crippen molar-refractivity contribution in [1.82, 2.24) is 0 Å². The van der Waals surface area contributed by atoms with Crippen LogP contribution in [0, 0.1) is 0 Å². The van der Waals surface area contributed by atoms with Gasteiger partial charge in [-0.1, -0.05) is 63.6 Å². The molecule has 1 aliphatic rings. The van der Waals surface area contributed by atoms with Gasteiger partial charge in [-0.05, 0) is 54.5 Å². The molecule has 0 aromatic heterocycles. The molecule has 146 valence electrons. The summed E-state index contributed by atoms with van der Waals surface area (Å²) in [6, 6.07) is 16.8. The van der Waals surface area contributed by atoms with Gasteiger partial charge in [0.1, 0.15) is 18.2 Å². The highest BCUT2D eigenvalue weighted by molar-refractivity contribution is 5.70. The predicted octanol–water partition coefficient (Wildman–Crippen LogP) is 6.39. The molecule has 0 radical (unpaired) electrons. The van der Waals surface area contributed by atoms with Gasteiger partial charge in [-0.2, -0.15) is 0 Å². The van der Waals surface area contributed by atoms with Crippen molar-refractivity contribution in [1.29, 1.82) is 0 Å². The summed E-state index contributed by atoms with van der Waals surface area (Å²) >= 11 is 0. The maximum Gasteiger partial charge on any atom is 0.137 e. The van der Waals surface area contributed by atoms with Gasteiger partial charge in [0, 0.05) is 5.56 Å². The van der Waals surface area contributed by atoms with Gasteiger partial charge in [-0.15, -0.1) is 0 Å². The van der Waals surface area contributed by atoms with E-state index < -0.39 is 0 Å². The van der Waals surface area contributed by atoms with Crippen LogP contribution in [0.1, 0.15) is 58.4 Å². The van der Waals surface area contributed by atoms with Crippen LogP contribution in [-0.2, 0) is 4.74 Å². The summed E-state index contributed by atoms with van der Waals surface area (Å²) in [7, 11) is 0. The lowest BCUT2D eigenvalue weighted by Crippen LogP contribution is -2.09. The summed E-state index contributed by atoms with van der Waals surface area (Å²) in [6.45, 7) is 7.17. The van der Waals surface area contributed by atoms with Crippen molar-refractivity contribution in [2.24, 2.45) is 5.73 Å². The van der Waals surface area contributed by atoms with E-state index in [0.717, 1.165) is 49.4 Å². The van der Waals surface area contributed by atoms with Gasteiger partial charge in [0.05, 0.1) is 6.61 Å². The summed E-state index contributed by atoms with van der Waals surface area (Å²) in [4.78, 5) is 0. The zero-order valence-corrected chi connectivity index (χ0v) is 17.0. The number of hydrogen-bond donors (Lipinski definition) is 1. The molecule has 3 rings (SSSR count). The number of unbranched alkanes of at least 4 members (excludes halogenated alkanes) is 1. The maximum absolute atomic E-state index is 5.73. The van der Waals surface area contributed by atoms with Crippen molar-refractivity contribution >= 4 is 5.76 Å². The first kappa shape index (κ1) is 21.0. The Hall–Kier alpha value is -2.26. The molecule has 1 fully saturated rings. The Balaban J connectivity index is 0.00000126. The first-order chi connectivity index (χ1) is 13.3. The topological polar surface area (TPSA) is 44.5 Å². The van der Waals surface area contributed by atoms with Crippen LogP contribution in [0.15, 0.2) is 54.1 Å². The Morgan fingerprint density at radius 1 is 0.926 bits per heavy atom. The van der Waals surface area contributed by atoms with Gasteiger partial charge in [0.25, 0.3) is 0 Å². The molecule has 0 aliphatic heterocycles. The van der Waals surface area contributed by atoms with Crippen LogP contribution in [0.5, 0.6) is 5.75 Å². The molecule has 0 bridgehead atoms. The molecular formula is C24H33NO2. The van der Waals surface area contributed by atoms with E-state index in [1.807, 2.05) is 26.0 Å². The van der Waals surface area contributed by atoms with Gasteiger partial charge in [0.2, 0.25) is 0 Å². The van der Waals surface area contributed by atoms with Crippen LogP contribution in [0.25, 0.3) is 16.9 Å². The molecule has 3 heteroatoms. The predicted molar refractivity (Wildman–Crippen MR) is 115 cm³/mol. The Bertz CT molecular complexity index is 696. The summed E-state index contributed by atoms with van der Waals surface area (Å²) in [5.41, 5.74) is 10.5. The molecule has 0 unspecified atom stereocenters. The van der Waals surface area contributed by atoms with E-state index in [0.29, 0.717) is 0 Å². The number of hydrogen-bond acceptors (Lipinski definition) is 3. The molecule has 0 amide bonds. The van der Waals surface area contributed by atoms with E-state index in [-0.39, 0.29) is 6.73 Å². The van der Waals surface area contributed by atoms with E-state index in [9.17, 15) is 0 Å². The van der Waals surface area contributed by atoms with E-state index in [4.69, 9.17) is 15.2 Å². The second-order valence-electron chi connectivity index (χ2n) is 6.40. The fourth-order valence-corrected chi connectivity index (χ4v) is 2.95. The van der Waals surface area contributed by atoms with Crippen molar-refractivity contribution in [3.63, 3.8) is 0 Å². The minimum absolute atomic E-state index is 0.222. The van der Waals surface area contributed by atoms with Crippen LogP contribution >= 0.6 is 0 Å². The number of benzene rings is 2. The number of rotatable bonds is 8. The molecule has 0 atom stereocenters. The number of nitrogens with two attached hydrogens (primary N) is 1. The monoisotopic (exact) mass is 367 g/mol. The Morgan fingerprint density at radius 3 is 2.00 bits per heavy atom. The molecule has 0 saturated heterocycles. The molecule has 0 spiro atoms. The standard InChI is InChI=1S/C22H27NO2.C2H6/c1-2-3-15-24-21-13-11-18(12-14-21)17-7-9-20(10-8-17)22(25-16-23)19-5-4-6-19;1-2/h7-14H,2-6,15-16,23H2,1H3;1-2H3. The summed E-state index contributed by atoms with van der Waals surface area (Å²) in [6.07, 6.45) is 5.73. The molecule has 1 aliphatic carbocycles. The maximum atomic E-state index is 5.73. The molecule has 2 aromatic rings. The normalized spacial score (nSPS) is 12.5. The van der Waals surface area contributed by atoms with E-state index >= 15 is 0 Å². The lowest BCUT2D eigenvalue weighted by molar-refractivity contribution is 0.281. The molecule has 2 aromatic carbocycles. The zero-order valence-electron chi connectivity index (χ0n) is 17.0. The Kier molecular flexibility index (Phi) is 8.93. The van der Waals surface area contributed by atoms with Crippen molar-refractivity contribution in [2.45, 2.75) is 52.9 Å². The third-order valence-corrected chi connectivity index (χ3v) is 4.61. The fraction of sp³-hybridized carbons (Fsp3) is 0.417. The summed E-state index contributed by atoms with van der Waals surface area (Å²) < 4.78 is 11.4. The molecular weight excluding hydrogens is 334 g/mol. The van der Waals surface area contributed by atoms with Crippen molar-refractivity contribution in [3.05, 3.63) is 59.7 Å². The summed E-state index contributed by atoms with van der Waals surface area (Å²) in [5.74, 6) is 1.90. The largest absolute Gasteiger partial charge is 0.494 e. The average molecular weight is 368 g/mol. The lowest BCUT2D eigenvalue weighted by atomic mass is 9.89. The zero-order chi connectivity index (χ0) is 19.5. The van der Waals surface area contributed by atoms with Gasteiger partial charge < -0.3 is 9.47 Å². The van der Waals surface area contributed by atoms with Crippen LogP contribution in [0.4, 0.5) is 0 Å². The second-order valence-corrected chi connectivity index (χ2v) is 6.40. The van der Waals surface area contributed by atoms with E-state index in [1.165, 1.54) is 23.1 Å². The highest BCUT2D eigenvalue weighted by atomic mass is 16.5. The summed E-state index contributed by atoms with van der Waals surface area (Å²) in [5, 5.41) is 0. The van der Waals surface area contributed by atoms with Crippen molar-refractivity contribution in [3.8, 4) is 16.9 Å². The third kappa shape index (κ3) is 5.86. The first-order valence-electron chi connectivity index (χ1n) is 10.2. The van der Waals surface area contributed by atoms with Gasteiger partial charge in [0.15, 0.2) is 0 Å². The smallest absolute Gasteiger partial charge is 0.137 e. The highest BCUT2D eigenvalue weighted by Gasteiger charge is 2.17. The number of allylic oxidation sites excluding steroid dienone is 1. The molecule has 1 saturated carbocycles. The molecule has 2 N–H and O–H groups in total. The first-order valence-corrected chi connectivity index (χ1v) is 10.2. The third-order valence-electron chi connectivity index (χ3n) is 4.61. The quantitative estimate of drug-likeness (QED) is 0.334. The molecule has 27 heavy (non-hydrogen) atoms. The highest BCUT2D eigenvalue weighted by Crippen LogP contribution is 2.34. The van der Waals surface area contributed by atoms with Crippen LogP contribution in [0.3, 0.4) is 0 Å². The van der Waals surface area contributed by atoms with Gasteiger partial charge in [-0.25, -0.2) is 0 Å². The lowest BCUT2D eigenvalue weighted by Gasteiger charge is -2.22. The molecule has 0 heterocycles. The average Bonchev–Trinajstić information content (AvgIpc) is 2.69. The van der Waals surface area contributed by atoms with Crippen molar-refractivity contribution in [2.75, 3.05) is 13.3 Å². The van der Waals surface area contributed by atoms with E-state index in [2.05, 4.69) is 43.3 Å². The minimum Gasteiger partial charge on any atom is -0.494 e. The minimum atomic E-state index is 0.222. The van der Waals surface area contributed by atoms with Gasteiger partial charge in [-0.3, -0.25) is 5.73 Å². The van der Waals surface area contributed by atoms with Crippen LogP contribution in [0.2, 0.25) is 0 Å². The second kappa shape index (κ2) is 11.5. The van der Waals surface area contributed by atoms with Crippen LogP contribution < -0.4 is 10.5 Å². The fourth-order valence-electron chi connectivity index (χ4n) is 2.95. The molecule has 3 nitrogen and oxygen atoms in total. The Morgan fingerprint density at radius 2 is 1.52 bits per heavy atom. The van der Waals surface area contributed by atoms with Crippen LogP contribution in [-0.4, -0.2) is 13.3 Å². The van der Waals surface area contributed by atoms with Crippen molar-refractivity contribution < 1.29 is 9.47 Å². The van der Waals surface area contributed by atoms with E-state index in [1.54, 1.807) is 0 Å². The SMILES string of the molecule is CC.CCCCOc1ccc(-c2ccc(C(OCN)=C3CCC3)cc2)cc1.